The largest absolute Gasteiger partial charge is 0.484 e. The Bertz CT molecular complexity index is 1280. The molecule has 0 bridgehead atoms. The van der Waals surface area contributed by atoms with E-state index < -0.39 is 41.3 Å². The molecule has 10 heteroatoms. The zero-order valence-corrected chi connectivity index (χ0v) is 22.0. The summed E-state index contributed by atoms with van der Waals surface area (Å²) < 4.78 is 14.3. The molecule has 3 unspecified atom stereocenters. The number of nitrogens with one attached hydrogen (secondary N) is 1. The lowest BCUT2D eigenvalue weighted by molar-refractivity contribution is -0.165. The van der Waals surface area contributed by atoms with E-state index in [9.17, 15) is 19.3 Å². The molecular weight excluding hydrogens is 518 g/mol. The van der Waals surface area contributed by atoms with Crippen molar-refractivity contribution in [1.29, 1.82) is 0 Å². The number of β-lactam (4-membered cyclic amide) rings is 1. The van der Waals surface area contributed by atoms with Gasteiger partial charge in [0.15, 0.2) is 18.8 Å². The topological polar surface area (TPSA) is 114 Å². The number of rotatable bonds is 12. The molecule has 9 nitrogen and oxygen atoms in total. The predicted octanol–water partition coefficient (Wildman–Crippen LogP) is 4.41. The fourth-order valence-corrected chi connectivity index (χ4v) is 4.97. The summed E-state index contributed by atoms with van der Waals surface area (Å²) in [5.41, 5.74) is 1.83. The van der Waals surface area contributed by atoms with E-state index in [-0.39, 0.29) is 6.61 Å². The maximum atomic E-state index is 13.6. The molecule has 1 aliphatic rings. The highest BCUT2D eigenvalue weighted by molar-refractivity contribution is 7.98. The first-order valence-electron chi connectivity index (χ1n) is 12.1. The third-order valence-corrected chi connectivity index (χ3v) is 6.87. The molecule has 2 amide bonds. The van der Waals surface area contributed by atoms with Crippen LogP contribution in [0.5, 0.6) is 5.75 Å². The van der Waals surface area contributed by atoms with Gasteiger partial charge >= 0.3 is 5.97 Å². The summed E-state index contributed by atoms with van der Waals surface area (Å²) in [7, 11) is 0. The van der Waals surface area contributed by atoms with E-state index in [2.05, 4.69) is 16.5 Å². The first-order chi connectivity index (χ1) is 18.9. The van der Waals surface area contributed by atoms with Crippen molar-refractivity contribution in [2.24, 2.45) is 4.58 Å². The van der Waals surface area contributed by atoms with Crippen LogP contribution in [0.25, 0.3) is 0 Å². The second-order valence-electron chi connectivity index (χ2n) is 8.85. The highest BCUT2D eigenvalue weighted by atomic mass is 32.2. The van der Waals surface area contributed by atoms with Gasteiger partial charge in [0.2, 0.25) is 5.91 Å². The van der Waals surface area contributed by atoms with Crippen molar-refractivity contribution in [1.82, 2.24) is 10.2 Å². The monoisotopic (exact) mass is 545 g/mol. The number of hydrogen-bond acceptors (Lipinski definition) is 8. The fraction of sp³-hybridized carbons (Fsp3) is 0.207. The van der Waals surface area contributed by atoms with E-state index in [0.717, 1.165) is 11.1 Å². The molecular formula is C29H27N3O6S. The summed E-state index contributed by atoms with van der Waals surface area (Å²) >= 11 is 0.539. The number of ether oxygens (including phenoxy) is 2. The standard InChI is InChI=1S/C29H27N3O6S/c1-19(2)25(29(35)38-26(20-12-6-3-7-13-20)21-14-8-4-9-15-21)32-27(34)24(28(32)39-31-36)30-23(33)18-37-22-16-10-5-11-17-22/h3-17,24-26,28H,1,18H2,2H3,(H,30,33). The Hall–Kier alpha value is -4.44. The number of carbonyl (C=O) groups excluding carboxylic acids is 3. The molecule has 3 aromatic carbocycles. The van der Waals surface area contributed by atoms with Crippen molar-refractivity contribution in [2.75, 3.05) is 6.61 Å². The Balaban J connectivity index is 1.50. The average Bonchev–Trinajstić information content (AvgIpc) is 2.96. The summed E-state index contributed by atoms with van der Waals surface area (Å²) in [4.78, 5) is 51.6. The number of likely N-dealkylation sites (tertiary alicyclic amines) is 1. The smallest absolute Gasteiger partial charge is 0.334 e. The van der Waals surface area contributed by atoms with Crippen LogP contribution in [0.15, 0.2) is 108 Å². The summed E-state index contributed by atoms with van der Waals surface area (Å²) in [6, 6.07) is 24.9. The first-order valence-corrected chi connectivity index (χ1v) is 13.0. The second-order valence-corrected chi connectivity index (χ2v) is 9.69. The lowest BCUT2D eigenvalue weighted by Gasteiger charge is -2.48. The number of hydrogen-bond donors (Lipinski definition) is 1. The first kappa shape index (κ1) is 27.6. The van der Waals surface area contributed by atoms with Gasteiger partial charge in [-0.15, -0.1) is 4.91 Å². The highest BCUT2D eigenvalue weighted by Gasteiger charge is 2.54. The van der Waals surface area contributed by atoms with Crippen LogP contribution in [0.2, 0.25) is 0 Å². The van der Waals surface area contributed by atoms with E-state index in [0.29, 0.717) is 23.3 Å². The van der Waals surface area contributed by atoms with E-state index >= 15 is 0 Å². The summed E-state index contributed by atoms with van der Waals surface area (Å²) in [5.74, 6) is -1.35. The Labute approximate surface area is 230 Å². The lowest BCUT2D eigenvalue weighted by atomic mass is 9.98. The van der Waals surface area contributed by atoms with Crippen molar-refractivity contribution >= 4 is 29.7 Å². The number of esters is 1. The molecule has 1 heterocycles. The third kappa shape index (κ3) is 6.53. The molecule has 1 saturated heterocycles. The third-order valence-electron chi connectivity index (χ3n) is 6.07. The molecule has 0 aliphatic carbocycles. The number of nitroso groups, excluding NO2 is 1. The Kier molecular flexibility index (Phi) is 9.11. The highest BCUT2D eigenvalue weighted by Crippen LogP contribution is 2.36. The number of benzene rings is 3. The zero-order chi connectivity index (χ0) is 27.8. The quantitative estimate of drug-likeness (QED) is 0.118. The van der Waals surface area contributed by atoms with Crippen molar-refractivity contribution < 1.29 is 23.9 Å². The van der Waals surface area contributed by atoms with E-state index in [1.165, 1.54) is 4.90 Å². The van der Waals surface area contributed by atoms with Gasteiger partial charge in [0, 0.05) is 16.5 Å². The normalized spacial score (nSPS) is 17.1. The maximum absolute atomic E-state index is 13.6. The molecule has 200 valence electrons. The van der Waals surface area contributed by atoms with E-state index in [4.69, 9.17) is 9.47 Å². The van der Waals surface area contributed by atoms with Crippen LogP contribution in [0.4, 0.5) is 0 Å². The zero-order valence-electron chi connectivity index (χ0n) is 21.1. The minimum atomic E-state index is -1.19. The van der Waals surface area contributed by atoms with Crippen molar-refractivity contribution in [3.8, 4) is 5.75 Å². The van der Waals surface area contributed by atoms with Crippen LogP contribution < -0.4 is 10.1 Å². The molecule has 1 N–H and O–H groups in total. The molecule has 0 radical (unpaired) electrons. The molecule has 3 aromatic rings. The number of carbonyl (C=O) groups is 3. The van der Waals surface area contributed by atoms with Gasteiger partial charge < -0.3 is 19.7 Å². The van der Waals surface area contributed by atoms with E-state index in [1.807, 2.05) is 66.7 Å². The Morgan fingerprint density at radius 1 is 0.974 bits per heavy atom. The molecule has 4 rings (SSSR count). The lowest BCUT2D eigenvalue weighted by Crippen LogP contribution is -2.73. The van der Waals surface area contributed by atoms with Gasteiger partial charge in [-0.2, -0.15) is 0 Å². The van der Waals surface area contributed by atoms with Crippen LogP contribution >= 0.6 is 11.9 Å². The molecule has 1 aliphatic heterocycles. The van der Waals surface area contributed by atoms with Crippen molar-refractivity contribution in [3.63, 3.8) is 0 Å². The van der Waals surface area contributed by atoms with Gasteiger partial charge in [0.05, 0.1) is 0 Å². The minimum absolute atomic E-state index is 0.332. The van der Waals surface area contributed by atoms with Gasteiger partial charge in [0.25, 0.3) is 5.91 Å². The van der Waals surface area contributed by atoms with Gasteiger partial charge in [-0.25, -0.2) is 4.79 Å². The number of nitrogens with zero attached hydrogens (tertiary/aromatic N) is 2. The molecule has 0 saturated carbocycles. The molecule has 39 heavy (non-hydrogen) atoms. The Morgan fingerprint density at radius 2 is 1.51 bits per heavy atom. The van der Waals surface area contributed by atoms with Crippen LogP contribution in [-0.2, 0) is 19.1 Å². The van der Waals surface area contributed by atoms with Crippen LogP contribution in [0, 0.1) is 4.91 Å². The Morgan fingerprint density at radius 3 is 2.03 bits per heavy atom. The summed E-state index contributed by atoms with van der Waals surface area (Å²) in [6.45, 7) is 5.15. The van der Waals surface area contributed by atoms with Crippen molar-refractivity contribution in [2.45, 2.75) is 30.5 Å². The van der Waals surface area contributed by atoms with Crippen LogP contribution in [0.1, 0.15) is 24.2 Å². The predicted molar refractivity (Wildman–Crippen MR) is 147 cm³/mol. The van der Waals surface area contributed by atoms with Gasteiger partial charge in [-0.3, -0.25) is 9.59 Å². The number of para-hydroxylation sites is 1. The fourth-order valence-electron chi connectivity index (χ4n) is 4.25. The minimum Gasteiger partial charge on any atom is -0.484 e. The van der Waals surface area contributed by atoms with Gasteiger partial charge in [0.1, 0.15) is 17.2 Å². The SMILES string of the molecule is C=C(C)C(C(=O)OC(c1ccccc1)c1ccccc1)N1C(=O)C(NC(=O)COc2ccccc2)C1SN=O. The molecule has 1 fully saturated rings. The second kappa shape index (κ2) is 12.9. The molecule has 0 spiro atoms. The van der Waals surface area contributed by atoms with Gasteiger partial charge in [-0.05, 0) is 35.8 Å². The van der Waals surface area contributed by atoms with Crippen LogP contribution in [0.3, 0.4) is 0 Å². The van der Waals surface area contributed by atoms with Crippen molar-refractivity contribution in [3.05, 3.63) is 119 Å². The summed E-state index contributed by atoms with van der Waals surface area (Å²) in [6.07, 6.45) is -0.737. The molecule has 3 atom stereocenters. The van der Waals surface area contributed by atoms with Gasteiger partial charge in [-0.1, -0.05) is 85.4 Å². The maximum Gasteiger partial charge on any atom is 0.334 e. The number of amides is 2. The van der Waals surface area contributed by atoms with E-state index in [1.54, 1.807) is 31.2 Å². The average molecular weight is 546 g/mol. The van der Waals surface area contributed by atoms with Crippen LogP contribution in [-0.4, -0.2) is 46.7 Å². The molecule has 0 aromatic heterocycles. The summed E-state index contributed by atoms with van der Waals surface area (Å²) in [5, 5.41) is 1.64.